The van der Waals surface area contributed by atoms with Crippen molar-refractivity contribution in [2.45, 2.75) is 30.6 Å². The summed E-state index contributed by atoms with van der Waals surface area (Å²) < 4.78 is 27.3. The van der Waals surface area contributed by atoms with Crippen LogP contribution in [0.25, 0.3) is 0 Å². The van der Waals surface area contributed by atoms with Crippen molar-refractivity contribution in [1.82, 2.24) is 15.2 Å². The number of hydrogen-bond donors (Lipinski definition) is 2. The number of sulfonamides is 1. The van der Waals surface area contributed by atoms with Crippen LogP contribution in [0.4, 0.5) is 0 Å². The first-order valence-electron chi connectivity index (χ1n) is 9.34. The molecule has 2 aromatic rings. The number of hydrazine groups is 1. The minimum atomic E-state index is -3.67. The summed E-state index contributed by atoms with van der Waals surface area (Å²) in [6, 6.07) is 12.1. The molecule has 1 heterocycles. The topological polar surface area (TPSA) is 95.6 Å². The Balaban J connectivity index is 1.69. The van der Waals surface area contributed by atoms with E-state index in [0.717, 1.165) is 25.7 Å². The summed E-state index contributed by atoms with van der Waals surface area (Å²) in [5.74, 6) is -1.15. The lowest BCUT2D eigenvalue weighted by Crippen LogP contribution is -2.41. The van der Waals surface area contributed by atoms with E-state index in [9.17, 15) is 18.0 Å². The SMILES string of the molecule is O=C(NNC(=O)c1cccc(S(=O)(=O)N2CCCCCC2)c1)c1cccc(Cl)c1. The summed E-state index contributed by atoms with van der Waals surface area (Å²) in [5, 5.41) is 0.399. The molecule has 0 aromatic heterocycles. The minimum absolute atomic E-state index is 0.0632. The van der Waals surface area contributed by atoms with Gasteiger partial charge in [0.05, 0.1) is 4.90 Å². The van der Waals surface area contributed by atoms with Crippen molar-refractivity contribution in [3.05, 3.63) is 64.7 Å². The molecule has 0 unspecified atom stereocenters. The second-order valence-electron chi connectivity index (χ2n) is 6.76. The quantitative estimate of drug-likeness (QED) is 0.721. The molecule has 3 rings (SSSR count). The van der Waals surface area contributed by atoms with Gasteiger partial charge >= 0.3 is 0 Å². The first-order valence-corrected chi connectivity index (χ1v) is 11.2. The number of halogens is 1. The van der Waals surface area contributed by atoms with Gasteiger partial charge in [0.25, 0.3) is 11.8 Å². The van der Waals surface area contributed by atoms with Crippen LogP contribution < -0.4 is 10.9 Å². The van der Waals surface area contributed by atoms with E-state index in [0.29, 0.717) is 18.1 Å². The molecule has 2 aromatic carbocycles. The van der Waals surface area contributed by atoms with E-state index in [4.69, 9.17) is 11.6 Å². The van der Waals surface area contributed by atoms with Gasteiger partial charge in [-0.3, -0.25) is 20.4 Å². The Hall–Kier alpha value is -2.42. The third-order valence-corrected chi connectivity index (χ3v) is 6.81. The maximum absolute atomic E-state index is 12.9. The molecule has 2 N–H and O–H groups in total. The van der Waals surface area contributed by atoms with Crippen LogP contribution in [0.15, 0.2) is 53.4 Å². The van der Waals surface area contributed by atoms with Crippen molar-refractivity contribution in [2.75, 3.05) is 13.1 Å². The average molecular weight is 436 g/mol. The van der Waals surface area contributed by atoms with Crippen LogP contribution in [-0.4, -0.2) is 37.6 Å². The van der Waals surface area contributed by atoms with Gasteiger partial charge < -0.3 is 0 Å². The Morgan fingerprint density at radius 2 is 1.38 bits per heavy atom. The zero-order valence-corrected chi connectivity index (χ0v) is 17.3. The molecule has 9 heteroatoms. The number of rotatable bonds is 4. The monoisotopic (exact) mass is 435 g/mol. The molecule has 0 bridgehead atoms. The first-order chi connectivity index (χ1) is 13.9. The number of carbonyl (C=O) groups is 2. The summed E-state index contributed by atoms with van der Waals surface area (Å²) >= 11 is 5.85. The molecule has 1 fully saturated rings. The molecule has 0 atom stereocenters. The summed E-state index contributed by atoms with van der Waals surface area (Å²) in [6.45, 7) is 0.961. The second kappa shape index (κ2) is 9.39. The van der Waals surface area contributed by atoms with Gasteiger partial charge in [0.2, 0.25) is 10.0 Å². The molecular weight excluding hydrogens is 414 g/mol. The molecule has 0 saturated carbocycles. The molecule has 0 aliphatic carbocycles. The van der Waals surface area contributed by atoms with Crippen molar-refractivity contribution in [3.8, 4) is 0 Å². The third-order valence-electron chi connectivity index (χ3n) is 4.68. The van der Waals surface area contributed by atoms with Crippen LogP contribution in [0.2, 0.25) is 5.02 Å². The van der Waals surface area contributed by atoms with Crippen LogP contribution in [0.1, 0.15) is 46.4 Å². The van der Waals surface area contributed by atoms with Gasteiger partial charge in [0, 0.05) is 29.2 Å². The predicted octanol–water partition coefficient (Wildman–Crippen LogP) is 2.98. The van der Waals surface area contributed by atoms with E-state index in [2.05, 4.69) is 10.9 Å². The molecular formula is C20H22ClN3O4S. The van der Waals surface area contributed by atoms with Crippen LogP contribution >= 0.6 is 11.6 Å². The third kappa shape index (κ3) is 5.35. The van der Waals surface area contributed by atoms with Crippen molar-refractivity contribution in [1.29, 1.82) is 0 Å². The van der Waals surface area contributed by atoms with E-state index < -0.39 is 21.8 Å². The normalized spacial score (nSPS) is 15.3. The van der Waals surface area contributed by atoms with Gasteiger partial charge in [-0.2, -0.15) is 4.31 Å². The molecule has 0 spiro atoms. The van der Waals surface area contributed by atoms with E-state index in [1.807, 2.05) is 0 Å². The Morgan fingerprint density at radius 1 is 0.828 bits per heavy atom. The second-order valence-corrected chi connectivity index (χ2v) is 9.14. The molecule has 154 valence electrons. The van der Waals surface area contributed by atoms with Gasteiger partial charge in [-0.15, -0.1) is 0 Å². The van der Waals surface area contributed by atoms with Crippen molar-refractivity contribution >= 4 is 33.4 Å². The van der Waals surface area contributed by atoms with Crippen LogP contribution in [0, 0.1) is 0 Å². The highest BCUT2D eigenvalue weighted by molar-refractivity contribution is 7.89. The summed E-state index contributed by atoms with van der Waals surface area (Å²) in [7, 11) is -3.67. The standard InChI is InChI=1S/C20H22ClN3O4S/c21-17-9-5-7-15(13-17)19(25)22-23-20(26)16-8-6-10-18(14-16)29(27,28)24-11-3-1-2-4-12-24/h5-10,13-14H,1-4,11-12H2,(H,22,25)(H,23,26). The fraction of sp³-hybridized carbons (Fsp3) is 0.300. The molecule has 7 nitrogen and oxygen atoms in total. The molecule has 1 saturated heterocycles. The highest BCUT2D eigenvalue weighted by atomic mass is 35.5. The number of benzene rings is 2. The van der Waals surface area contributed by atoms with E-state index in [1.54, 1.807) is 18.2 Å². The number of nitrogens with zero attached hydrogens (tertiary/aromatic N) is 1. The first kappa shape index (κ1) is 21.3. The Bertz CT molecular complexity index is 1000. The van der Waals surface area contributed by atoms with Gasteiger partial charge in [-0.1, -0.05) is 36.6 Å². The fourth-order valence-corrected chi connectivity index (χ4v) is 4.87. The van der Waals surface area contributed by atoms with Gasteiger partial charge in [-0.05, 0) is 49.2 Å². The number of nitrogens with one attached hydrogen (secondary N) is 2. The maximum atomic E-state index is 12.9. The van der Waals surface area contributed by atoms with E-state index in [1.165, 1.54) is 34.6 Å². The smallest absolute Gasteiger partial charge is 0.267 e. The summed E-state index contributed by atoms with van der Waals surface area (Å²) in [5.41, 5.74) is 5.01. The molecule has 2 amide bonds. The van der Waals surface area contributed by atoms with E-state index in [-0.39, 0.29) is 16.0 Å². The highest BCUT2D eigenvalue weighted by Crippen LogP contribution is 2.21. The fourth-order valence-electron chi connectivity index (χ4n) is 3.12. The lowest BCUT2D eigenvalue weighted by molar-refractivity contribution is 0.0846. The molecule has 0 radical (unpaired) electrons. The number of hydrogen-bond acceptors (Lipinski definition) is 4. The summed E-state index contributed by atoms with van der Waals surface area (Å²) in [4.78, 5) is 24.6. The van der Waals surface area contributed by atoms with Crippen molar-refractivity contribution in [2.24, 2.45) is 0 Å². The summed E-state index contributed by atoms with van der Waals surface area (Å²) in [6.07, 6.45) is 3.69. The predicted molar refractivity (Wildman–Crippen MR) is 110 cm³/mol. The largest absolute Gasteiger partial charge is 0.269 e. The van der Waals surface area contributed by atoms with Gasteiger partial charge in [0.1, 0.15) is 0 Å². The van der Waals surface area contributed by atoms with Crippen LogP contribution in [0.5, 0.6) is 0 Å². The number of carbonyl (C=O) groups excluding carboxylic acids is 2. The maximum Gasteiger partial charge on any atom is 0.269 e. The Morgan fingerprint density at radius 3 is 1.97 bits per heavy atom. The highest BCUT2D eigenvalue weighted by Gasteiger charge is 2.25. The lowest BCUT2D eigenvalue weighted by Gasteiger charge is -2.20. The van der Waals surface area contributed by atoms with Gasteiger partial charge in [0.15, 0.2) is 0 Å². The lowest BCUT2D eigenvalue weighted by atomic mass is 10.2. The van der Waals surface area contributed by atoms with E-state index >= 15 is 0 Å². The zero-order chi connectivity index (χ0) is 20.9. The zero-order valence-electron chi connectivity index (χ0n) is 15.7. The molecule has 1 aliphatic heterocycles. The van der Waals surface area contributed by atoms with Crippen LogP contribution in [-0.2, 0) is 10.0 Å². The minimum Gasteiger partial charge on any atom is -0.267 e. The average Bonchev–Trinajstić information content (AvgIpc) is 3.02. The molecule has 1 aliphatic rings. The molecule has 29 heavy (non-hydrogen) atoms. The van der Waals surface area contributed by atoms with Gasteiger partial charge in [-0.25, -0.2) is 8.42 Å². The number of amides is 2. The Kier molecular flexibility index (Phi) is 6.89. The van der Waals surface area contributed by atoms with Crippen molar-refractivity contribution in [3.63, 3.8) is 0 Å². The van der Waals surface area contributed by atoms with Crippen molar-refractivity contribution < 1.29 is 18.0 Å². The Labute approximate surface area is 175 Å². The van der Waals surface area contributed by atoms with Crippen LogP contribution in [0.3, 0.4) is 0 Å².